The molecule has 3 rings (SSSR count). The van der Waals surface area contributed by atoms with Crippen molar-refractivity contribution < 1.29 is 28.7 Å². The molecule has 1 fully saturated rings. The van der Waals surface area contributed by atoms with E-state index in [0.29, 0.717) is 21.5 Å². The van der Waals surface area contributed by atoms with Gasteiger partial charge in [-0.1, -0.05) is 12.1 Å². The number of benzene rings is 2. The summed E-state index contributed by atoms with van der Waals surface area (Å²) in [6, 6.07) is 10.6. The monoisotopic (exact) mass is 532 g/mol. The molecule has 8 nitrogen and oxygen atoms in total. The van der Waals surface area contributed by atoms with E-state index in [1.54, 1.807) is 24.3 Å². The molecular weight excluding hydrogens is 512 g/mol. The third kappa shape index (κ3) is 6.45. The molecule has 1 aliphatic heterocycles. The van der Waals surface area contributed by atoms with E-state index in [4.69, 9.17) is 4.74 Å². The Hall–Kier alpha value is -3.11. The van der Waals surface area contributed by atoms with Gasteiger partial charge in [0.05, 0.1) is 16.5 Å². The normalized spacial score (nSPS) is 14.5. The molecule has 0 saturated carbocycles. The van der Waals surface area contributed by atoms with Gasteiger partial charge in [-0.2, -0.15) is 0 Å². The number of nitrogens with zero attached hydrogens (tertiary/aromatic N) is 1. The maximum atomic E-state index is 12.7. The average Bonchev–Trinajstić information content (AvgIpc) is 2.99. The van der Waals surface area contributed by atoms with Crippen molar-refractivity contribution in [2.24, 2.45) is 0 Å². The van der Waals surface area contributed by atoms with Gasteiger partial charge < -0.3 is 14.8 Å². The standard InChI is InChI=1S/C23H21BrN2O6S/c1-13-6-14(2)8-16(7-13)25-20(27)11-26-22(29)19(33-23(26)30)10-15-4-5-18(17(24)9-15)32-12-21(28)31-3/h4-10H,11-12H2,1-3H3,(H,25,27)/b19-10+. The van der Waals surface area contributed by atoms with Gasteiger partial charge in [-0.3, -0.25) is 19.3 Å². The zero-order valence-electron chi connectivity index (χ0n) is 18.1. The number of nitrogens with one attached hydrogen (secondary N) is 1. The SMILES string of the molecule is COC(=O)COc1ccc(/C=C2/SC(=O)N(CC(=O)Nc3cc(C)cc(C)c3)C2=O)cc1Br. The molecule has 172 valence electrons. The number of halogens is 1. The second kappa shape index (κ2) is 10.7. The number of anilines is 1. The topological polar surface area (TPSA) is 102 Å². The number of methoxy groups -OCH3 is 1. The van der Waals surface area contributed by atoms with Crippen molar-refractivity contribution in [3.63, 3.8) is 0 Å². The van der Waals surface area contributed by atoms with Crippen molar-refractivity contribution in [2.45, 2.75) is 13.8 Å². The first-order valence-corrected chi connectivity index (χ1v) is 11.4. The number of carbonyl (C=O) groups is 4. The number of carbonyl (C=O) groups excluding carboxylic acids is 4. The maximum Gasteiger partial charge on any atom is 0.343 e. The summed E-state index contributed by atoms with van der Waals surface area (Å²) in [5.74, 6) is -1.09. The Morgan fingerprint density at radius 2 is 1.82 bits per heavy atom. The lowest BCUT2D eigenvalue weighted by atomic mass is 10.1. The Bertz CT molecular complexity index is 1140. The van der Waals surface area contributed by atoms with Gasteiger partial charge in [0.25, 0.3) is 11.1 Å². The summed E-state index contributed by atoms with van der Waals surface area (Å²) in [7, 11) is 1.27. The summed E-state index contributed by atoms with van der Waals surface area (Å²) in [6.07, 6.45) is 1.56. The van der Waals surface area contributed by atoms with Crippen molar-refractivity contribution >= 4 is 62.5 Å². The van der Waals surface area contributed by atoms with Crippen LogP contribution in [0.5, 0.6) is 5.75 Å². The molecule has 0 atom stereocenters. The Morgan fingerprint density at radius 1 is 1.12 bits per heavy atom. The highest BCUT2D eigenvalue weighted by Crippen LogP contribution is 2.34. The molecule has 33 heavy (non-hydrogen) atoms. The van der Waals surface area contributed by atoms with E-state index in [2.05, 4.69) is 26.0 Å². The molecule has 0 aliphatic carbocycles. The lowest BCUT2D eigenvalue weighted by molar-refractivity contribution is -0.143. The van der Waals surface area contributed by atoms with Gasteiger partial charge in [0.1, 0.15) is 12.3 Å². The first-order valence-electron chi connectivity index (χ1n) is 9.79. The first kappa shape index (κ1) is 24.5. The Morgan fingerprint density at radius 3 is 2.45 bits per heavy atom. The van der Waals surface area contributed by atoms with Crippen LogP contribution >= 0.6 is 27.7 Å². The third-order valence-corrected chi connectivity index (χ3v) is 6.03. The minimum Gasteiger partial charge on any atom is -0.481 e. The van der Waals surface area contributed by atoms with Crippen LogP contribution in [-0.4, -0.2) is 48.2 Å². The summed E-state index contributed by atoms with van der Waals surface area (Å²) in [4.78, 5) is 49.8. The molecule has 1 saturated heterocycles. The van der Waals surface area contributed by atoms with E-state index in [1.807, 2.05) is 32.0 Å². The van der Waals surface area contributed by atoms with Crippen LogP contribution in [0.2, 0.25) is 0 Å². The molecule has 0 radical (unpaired) electrons. The predicted molar refractivity (Wildman–Crippen MR) is 129 cm³/mol. The average molecular weight is 533 g/mol. The fourth-order valence-electron chi connectivity index (χ4n) is 3.10. The van der Waals surface area contributed by atoms with Gasteiger partial charge in [0, 0.05) is 5.69 Å². The van der Waals surface area contributed by atoms with Crippen LogP contribution in [-0.2, 0) is 19.1 Å². The zero-order chi connectivity index (χ0) is 24.1. The van der Waals surface area contributed by atoms with Crippen molar-refractivity contribution in [3.05, 3.63) is 62.5 Å². The number of thioether (sulfide) groups is 1. The van der Waals surface area contributed by atoms with Gasteiger partial charge in [-0.15, -0.1) is 0 Å². The molecule has 2 aromatic carbocycles. The number of hydrogen-bond acceptors (Lipinski definition) is 7. The van der Waals surface area contributed by atoms with E-state index >= 15 is 0 Å². The second-order valence-electron chi connectivity index (χ2n) is 7.25. The lowest BCUT2D eigenvalue weighted by Crippen LogP contribution is -2.36. The van der Waals surface area contributed by atoms with Crippen molar-refractivity contribution in [3.8, 4) is 5.75 Å². The van der Waals surface area contributed by atoms with Crippen LogP contribution in [0.1, 0.15) is 16.7 Å². The molecule has 0 spiro atoms. The summed E-state index contributed by atoms with van der Waals surface area (Å²) >= 11 is 4.12. The molecule has 0 bridgehead atoms. The van der Waals surface area contributed by atoms with E-state index in [-0.39, 0.29) is 18.1 Å². The molecule has 10 heteroatoms. The Kier molecular flexibility index (Phi) is 7.93. The van der Waals surface area contributed by atoms with Crippen molar-refractivity contribution in [2.75, 3.05) is 25.6 Å². The highest BCUT2D eigenvalue weighted by molar-refractivity contribution is 9.10. The number of rotatable bonds is 7. The van der Waals surface area contributed by atoms with Crippen LogP contribution in [0.3, 0.4) is 0 Å². The lowest BCUT2D eigenvalue weighted by Gasteiger charge is -2.13. The highest BCUT2D eigenvalue weighted by atomic mass is 79.9. The van der Waals surface area contributed by atoms with Crippen LogP contribution in [0.15, 0.2) is 45.8 Å². The molecule has 2 aromatic rings. The second-order valence-corrected chi connectivity index (χ2v) is 9.09. The largest absolute Gasteiger partial charge is 0.481 e. The third-order valence-electron chi connectivity index (χ3n) is 4.51. The Labute approximate surface area is 203 Å². The maximum absolute atomic E-state index is 12.7. The molecule has 0 aromatic heterocycles. The molecule has 1 aliphatic rings. The van der Waals surface area contributed by atoms with Gasteiger partial charge in [0.2, 0.25) is 5.91 Å². The van der Waals surface area contributed by atoms with Gasteiger partial charge in [-0.25, -0.2) is 4.79 Å². The fourth-order valence-corrected chi connectivity index (χ4v) is 4.45. The molecule has 1 N–H and O–H groups in total. The van der Waals surface area contributed by atoms with Crippen LogP contribution in [0.4, 0.5) is 10.5 Å². The first-order chi connectivity index (χ1) is 15.7. The Balaban J connectivity index is 1.67. The van der Waals surface area contributed by atoms with E-state index in [0.717, 1.165) is 27.8 Å². The molecule has 0 unspecified atom stereocenters. The van der Waals surface area contributed by atoms with Gasteiger partial charge in [-0.05, 0) is 88.6 Å². The van der Waals surface area contributed by atoms with Gasteiger partial charge in [0.15, 0.2) is 6.61 Å². The van der Waals surface area contributed by atoms with Crippen LogP contribution in [0, 0.1) is 13.8 Å². The minimum absolute atomic E-state index is 0.203. The number of aryl methyl sites for hydroxylation is 2. The number of amides is 3. The van der Waals surface area contributed by atoms with Crippen LogP contribution in [0.25, 0.3) is 6.08 Å². The number of esters is 1. The van der Waals surface area contributed by atoms with E-state index in [9.17, 15) is 19.2 Å². The molecule has 1 heterocycles. The number of ether oxygens (including phenoxy) is 2. The number of imide groups is 1. The summed E-state index contributed by atoms with van der Waals surface area (Å²) < 4.78 is 10.5. The zero-order valence-corrected chi connectivity index (χ0v) is 20.5. The number of hydrogen-bond donors (Lipinski definition) is 1. The minimum atomic E-state index is -0.539. The van der Waals surface area contributed by atoms with Crippen molar-refractivity contribution in [1.29, 1.82) is 0 Å². The highest BCUT2D eigenvalue weighted by Gasteiger charge is 2.36. The quantitative estimate of drug-likeness (QED) is 0.419. The van der Waals surface area contributed by atoms with E-state index in [1.165, 1.54) is 7.11 Å². The summed E-state index contributed by atoms with van der Waals surface area (Å²) in [6.45, 7) is 3.22. The smallest absolute Gasteiger partial charge is 0.343 e. The molecular formula is C23H21BrN2O6S. The summed E-state index contributed by atoms with van der Waals surface area (Å²) in [5.41, 5.74) is 3.23. The van der Waals surface area contributed by atoms with E-state index < -0.39 is 23.0 Å². The van der Waals surface area contributed by atoms with Crippen LogP contribution < -0.4 is 10.1 Å². The fraction of sp³-hybridized carbons (Fsp3) is 0.217. The van der Waals surface area contributed by atoms with Gasteiger partial charge >= 0.3 is 5.97 Å². The van der Waals surface area contributed by atoms with Crippen molar-refractivity contribution in [1.82, 2.24) is 4.90 Å². The summed E-state index contributed by atoms with van der Waals surface area (Å²) in [5, 5.41) is 2.21. The predicted octanol–water partition coefficient (Wildman–Crippen LogP) is 4.29. The molecule has 3 amide bonds.